The van der Waals surface area contributed by atoms with Gasteiger partial charge in [-0.25, -0.2) is 4.79 Å². The predicted octanol–water partition coefficient (Wildman–Crippen LogP) is 3.27. The lowest BCUT2D eigenvalue weighted by atomic mass is 9.98. The van der Waals surface area contributed by atoms with Gasteiger partial charge in [0.05, 0.1) is 13.2 Å². The van der Waals surface area contributed by atoms with Crippen LogP contribution in [-0.4, -0.2) is 42.9 Å². The first-order chi connectivity index (χ1) is 13.2. The second-order valence-electron chi connectivity index (χ2n) is 6.66. The van der Waals surface area contributed by atoms with E-state index in [1.54, 1.807) is 0 Å². The standard InChI is InChI=1S/C23H19NO3/c1-3-23(4-2)16-26-14-13-24(23)22(25)27-15-21-19-11-7-5-9-17(19)18-10-6-8-12-20(18)21/h1-2,5-12,21H,13-16H2. The van der Waals surface area contributed by atoms with E-state index in [0.717, 1.165) is 11.1 Å². The molecule has 0 aromatic heterocycles. The number of fused-ring (bicyclic) bond motifs is 3. The normalized spacial score (nSPS) is 17.3. The molecule has 134 valence electrons. The number of amides is 1. The van der Waals surface area contributed by atoms with Gasteiger partial charge in [-0.15, -0.1) is 12.8 Å². The van der Waals surface area contributed by atoms with Crippen LogP contribution in [-0.2, 0) is 9.47 Å². The fraction of sp³-hybridized carbons (Fsp3) is 0.261. The van der Waals surface area contributed by atoms with E-state index in [4.69, 9.17) is 22.3 Å². The van der Waals surface area contributed by atoms with Crippen molar-refractivity contribution in [3.63, 3.8) is 0 Å². The second-order valence-corrected chi connectivity index (χ2v) is 6.66. The minimum absolute atomic E-state index is 0.00605. The number of hydrogen-bond donors (Lipinski definition) is 0. The molecule has 4 rings (SSSR count). The van der Waals surface area contributed by atoms with Gasteiger partial charge in [0.25, 0.3) is 0 Å². The van der Waals surface area contributed by atoms with Crippen molar-refractivity contribution < 1.29 is 14.3 Å². The van der Waals surface area contributed by atoms with E-state index in [-0.39, 0.29) is 19.1 Å². The van der Waals surface area contributed by atoms with E-state index in [2.05, 4.69) is 36.1 Å². The maximum absolute atomic E-state index is 12.8. The highest BCUT2D eigenvalue weighted by Gasteiger charge is 2.41. The molecule has 2 aliphatic rings. The summed E-state index contributed by atoms with van der Waals surface area (Å²) in [6, 6.07) is 16.4. The van der Waals surface area contributed by atoms with Crippen LogP contribution in [0.25, 0.3) is 11.1 Å². The molecule has 1 aliphatic carbocycles. The first-order valence-electron chi connectivity index (χ1n) is 8.86. The fourth-order valence-corrected chi connectivity index (χ4v) is 3.84. The maximum atomic E-state index is 12.8. The van der Waals surface area contributed by atoms with E-state index >= 15 is 0 Å². The summed E-state index contributed by atoms with van der Waals surface area (Å²) in [5, 5.41) is 0. The van der Waals surface area contributed by atoms with E-state index < -0.39 is 11.6 Å². The summed E-state index contributed by atoms with van der Waals surface area (Å²) < 4.78 is 11.1. The van der Waals surface area contributed by atoms with Crippen LogP contribution in [0.1, 0.15) is 17.0 Å². The third-order valence-electron chi connectivity index (χ3n) is 5.26. The molecule has 1 saturated heterocycles. The summed E-state index contributed by atoms with van der Waals surface area (Å²) in [6.45, 7) is 1.04. The molecule has 1 aliphatic heterocycles. The van der Waals surface area contributed by atoms with Gasteiger partial charge in [0.2, 0.25) is 0 Å². The number of morpholine rings is 1. The van der Waals surface area contributed by atoms with Gasteiger partial charge >= 0.3 is 6.09 Å². The molecule has 0 atom stereocenters. The summed E-state index contributed by atoms with van der Waals surface area (Å²) >= 11 is 0. The van der Waals surface area contributed by atoms with Crippen LogP contribution >= 0.6 is 0 Å². The maximum Gasteiger partial charge on any atom is 0.411 e. The Hall–Kier alpha value is -3.21. The number of carbonyl (C=O) groups excluding carboxylic acids is 1. The Morgan fingerprint density at radius 3 is 2.30 bits per heavy atom. The van der Waals surface area contributed by atoms with Crippen LogP contribution < -0.4 is 0 Å². The van der Waals surface area contributed by atoms with E-state index in [1.165, 1.54) is 16.0 Å². The Balaban J connectivity index is 1.56. The second kappa shape index (κ2) is 6.83. The van der Waals surface area contributed by atoms with E-state index in [1.807, 2.05) is 24.3 Å². The van der Waals surface area contributed by atoms with Crippen LogP contribution in [0.5, 0.6) is 0 Å². The lowest BCUT2D eigenvalue weighted by Crippen LogP contribution is -2.57. The minimum Gasteiger partial charge on any atom is -0.448 e. The number of carbonyl (C=O) groups is 1. The SMILES string of the molecule is C#CC1(C#C)COCCN1C(=O)OCC1c2ccccc2-c2ccccc21. The lowest BCUT2D eigenvalue weighted by Gasteiger charge is -2.39. The molecule has 4 heteroatoms. The number of benzene rings is 2. The molecular weight excluding hydrogens is 338 g/mol. The zero-order chi connectivity index (χ0) is 18.9. The average Bonchev–Trinajstić information content (AvgIpc) is 3.05. The summed E-state index contributed by atoms with van der Waals surface area (Å²) in [4.78, 5) is 14.2. The molecule has 1 amide bonds. The van der Waals surface area contributed by atoms with Crippen molar-refractivity contribution in [2.45, 2.75) is 11.5 Å². The Morgan fingerprint density at radius 2 is 1.70 bits per heavy atom. The Labute approximate surface area is 159 Å². The largest absolute Gasteiger partial charge is 0.448 e. The van der Waals surface area contributed by atoms with Gasteiger partial charge in [-0.05, 0) is 22.3 Å². The predicted molar refractivity (Wildman–Crippen MR) is 103 cm³/mol. The molecule has 0 radical (unpaired) electrons. The third kappa shape index (κ3) is 2.76. The van der Waals surface area contributed by atoms with Gasteiger partial charge in [0, 0.05) is 12.5 Å². The number of ether oxygens (including phenoxy) is 2. The van der Waals surface area contributed by atoms with Crippen molar-refractivity contribution in [1.82, 2.24) is 4.90 Å². The Kier molecular flexibility index (Phi) is 4.36. The molecule has 0 unspecified atom stereocenters. The molecule has 0 bridgehead atoms. The highest BCUT2D eigenvalue weighted by molar-refractivity contribution is 5.79. The van der Waals surface area contributed by atoms with Crippen molar-refractivity contribution in [2.24, 2.45) is 0 Å². The van der Waals surface area contributed by atoms with E-state index in [9.17, 15) is 4.79 Å². The molecule has 4 nitrogen and oxygen atoms in total. The van der Waals surface area contributed by atoms with Crippen molar-refractivity contribution in [2.75, 3.05) is 26.4 Å². The quantitative estimate of drug-likeness (QED) is 0.775. The van der Waals surface area contributed by atoms with Gasteiger partial charge < -0.3 is 9.47 Å². The number of nitrogens with zero attached hydrogens (tertiary/aromatic N) is 1. The van der Waals surface area contributed by atoms with E-state index in [0.29, 0.717) is 13.2 Å². The highest BCUT2D eigenvalue weighted by atomic mass is 16.6. The highest BCUT2D eigenvalue weighted by Crippen LogP contribution is 2.44. The molecule has 1 heterocycles. The summed E-state index contributed by atoms with van der Waals surface area (Å²) in [6.07, 6.45) is 10.7. The van der Waals surface area contributed by atoms with Crippen LogP contribution in [0.2, 0.25) is 0 Å². The summed E-state index contributed by atoms with van der Waals surface area (Å²) in [5.74, 6) is 5.04. The van der Waals surface area contributed by atoms with Gasteiger partial charge in [-0.1, -0.05) is 60.4 Å². The average molecular weight is 357 g/mol. The monoisotopic (exact) mass is 357 g/mol. The molecule has 0 N–H and O–H groups in total. The molecule has 0 saturated carbocycles. The Bertz CT molecular complexity index is 907. The summed E-state index contributed by atoms with van der Waals surface area (Å²) in [7, 11) is 0. The fourth-order valence-electron chi connectivity index (χ4n) is 3.84. The molecule has 2 aromatic rings. The van der Waals surface area contributed by atoms with Crippen molar-refractivity contribution in [1.29, 1.82) is 0 Å². The topological polar surface area (TPSA) is 38.8 Å². The van der Waals surface area contributed by atoms with Crippen molar-refractivity contribution in [3.05, 3.63) is 59.7 Å². The van der Waals surface area contributed by atoms with Crippen LogP contribution in [0.15, 0.2) is 48.5 Å². The molecule has 27 heavy (non-hydrogen) atoms. The first kappa shape index (κ1) is 17.2. The van der Waals surface area contributed by atoms with Gasteiger partial charge in [0.15, 0.2) is 5.54 Å². The molecular formula is C23H19NO3. The first-order valence-corrected chi connectivity index (χ1v) is 8.86. The number of hydrogen-bond acceptors (Lipinski definition) is 3. The van der Waals surface area contributed by atoms with Crippen LogP contribution in [0.3, 0.4) is 0 Å². The third-order valence-corrected chi connectivity index (χ3v) is 5.26. The smallest absolute Gasteiger partial charge is 0.411 e. The molecule has 0 spiro atoms. The Morgan fingerprint density at radius 1 is 1.11 bits per heavy atom. The van der Waals surface area contributed by atoms with Gasteiger partial charge in [0.1, 0.15) is 6.61 Å². The van der Waals surface area contributed by atoms with Crippen LogP contribution in [0, 0.1) is 24.7 Å². The van der Waals surface area contributed by atoms with Gasteiger partial charge in [-0.2, -0.15) is 0 Å². The lowest BCUT2D eigenvalue weighted by molar-refractivity contribution is -0.0154. The van der Waals surface area contributed by atoms with Crippen molar-refractivity contribution in [3.8, 4) is 35.8 Å². The summed E-state index contributed by atoms with van der Waals surface area (Å²) in [5.41, 5.74) is 3.49. The minimum atomic E-state index is -1.19. The number of terminal acetylenes is 2. The molecule has 1 fully saturated rings. The van der Waals surface area contributed by atoms with Gasteiger partial charge in [-0.3, -0.25) is 4.90 Å². The van der Waals surface area contributed by atoms with Crippen LogP contribution in [0.4, 0.5) is 4.79 Å². The van der Waals surface area contributed by atoms with Crippen molar-refractivity contribution >= 4 is 6.09 Å². The zero-order valence-electron chi connectivity index (χ0n) is 14.9. The number of rotatable bonds is 2. The molecule has 2 aromatic carbocycles. The zero-order valence-corrected chi connectivity index (χ0v) is 14.9.